The third kappa shape index (κ3) is 3.40. The van der Waals surface area contributed by atoms with Crippen molar-refractivity contribution < 1.29 is 4.79 Å². The van der Waals surface area contributed by atoms with E-state index in [1.807, 2.05) is 31.2 Å². The number of hydrogen-bond donors (Lipinski definition) is 2. The second-order valence-electron chi connectivity index (χ2n) is 6.85. The van der Waals surface area contributed by atoms with E-state index in [9.17, 15) is 4.79 Å². The molecule has 0 aliphatic carbocycles. The van der Waals surface area contributed by atoms with Crippen LogP contribution >= 0.6 is 0 Å². The summed E-state index contributed by atoms with van der Waals surface area (Å²) in [6, 6.07) is 10.1. The van der Waals surface area contributed by atoms with Gasteiger partial charge >= 0.3 is 0 Å². The Kier molecular flexibility index (Phi) is 4.56. The van der Waals surface area contributed by atoms with E-state index in [-0.39, 0.29) is 11.9 Å². The Labute approximate surface area is 152 Å². The molecular weight excluding hydrogens is 326 g/mol. The molecule has 3 aromatic rings. The van der Waals surface area contributed by atoms with Gasteiger partial charge in [0, 0.05) is 48.1 Å². The van der Waals surface area contributed by atoms with E-state index in [0.717, 1.165) is 54.0 Å². The highest BCUT2D eigenvalue weighted by molar-refractivity contribution is 5.90. The standard InChI is InChI=1S/C20H23N5O/c1-14-17(16-7-2-3-8-18(16)23-14)12-19(26)24-15-6-4-11-25(13-15)20-21-9-5-10-22-20/h2-3,5,7-10,15,23H,4,6,11-13H2,1H3,(H,24,26)/t15-/m0/s1. The molecule has 6 nitrogen and oxygen atoms in total. The van der Waals surface area contributed by atoms with Crippen molar-refractivity contribution >= 4 is 22.8 Å². The monoisotopic (exact) mass is 349 g/mol. The van der Waals surface area contributed by atoms with Crippen LogP contribution < -0.4 is 10.2 Å². The van der Waals surface area contributed by atoms with Crippen LogP contribution in [0.15, 0.2) is 42.7 Å². The second-order valence-corrected chi connectivity index (χ2v) is 6.85. The zero-order chi connectivity index (χ0) is 17.9. The number of hydrogen-bond acceptors (Lipinski definition) is 4. The summed E-state index contributed by atoms with van der Waals surface area (Å²) in [7, 11) is 0. The number of H-pyrrole nitrogens is 1. The molecule has 1 amide bonds. The van der Waals surface area contributed by atoms with Crippen molar-refractivity contribution in [2.24, 2.45) is 0 Å². The van der Waals surface area contributed by atoms with Crippen LogP contribution in [0.1, 0.15) is 24.1 Å². The highest BCUT2D eigenvalue weighted by Gasteiger charge is 2.23. The molecule has 0 unspecified atom stereocenters. The summed E-state index contributed by atoms with van der Waals surface area (Å²) in [6.45, 7) is 3.71. The number of aromatic amines is 1. The van der Waals surface area contributed by atoms with E-state index in [1.165, 1.54) is 0 Å². The number of nitrogens with one attached hydrogen (secondary N) is 2. The second kappa shape index (κ2) is 7.15. The molecule has 3 heterocycles. The number of carbonyl (C=O) groups excluding carboxylic acids is 1. The molecule has 26 heavy (non-hydrogen) atoms. The van der Waals surface area contributed by atoms with Gasteiger partial charge in [0.05, 0.1) is 6.42 Å². The van der Waals surface area contributed by atoms with E-state index in [0.29, 0.717) is 6.42 Å². The lowest BCUT2D eigenvalue weighted by molar-refractivity contribution is -0.121. The van der Waals surface area contributed by atoms with Gasteiger partial charge in [-0.2, -0.15) is 0 Å². The van der Waals surface area contributed by atoms with Gasteiger partial charge in [0.1, 0.15) is 0 Å². The minimum Gasteiger partial charge on any atom is -0.358 e. The summed E-state index contributed by atoms with van der Waals surface area (Å²) in [5.41, 5.74) is 3.22. The largest absolute Gasteiger partial charge is 0.358 e. The van der Waals surface area contributed by atoms with Gasteiger partial charge in [0.15, 0.2) is 0 Å². The van der Waals surface area contributed by atoms with Crippen molar-refractivity contribution in [3.8, 4) is 0 Å². The third-order valence-electron chi connectivity index (χ3n) is 4.99. The summed E-state index contributed by atoms with van der Waals surface area (Å²) in [5, 5.41) is 4.33. The van der Waals surface area contributed by atoms with Crippen LogP contribution in [-0.2, 0) is 11.2 Å². The van der Waals surface area contributed by atoms with Crippen LogP contribution in [0.2, 0.25) is 0 Å². The van der Waals surface area contributed by atoms with Crippen LogP contribution in [0.4, 0.5) is 5.95 Å². The Balaban J connectivity index is 1.42. The highest BCUT2D eigenvalue weighted by atomic mass is 16.1. The van der Waals surface area contributed by atoms with Gasteiger partial charge < -0.3 is 15.2 Å². The lowest BCUT2D eigenvalue weighted by atomic mass is 10.0. The van der Waals surface area contributed by atoms with E-state index in [4.69, 9.17) is 0 Å². The maximum atomic E-state index is 12.6. The fourth-order valence-corrected chi connectivity index (χ4v) is 3.73. The molecule has 1 aliphatic rings. The van der Waals surface area contributed by atoms with Gasteiger partial charge in [-0.15, -0.1) is 0 Å². The summed E-state index contributed by atoms with van der Waals surface area (Å²) in [5.74, 6) is 0.803. The molecule has 0 spiro atoms. The zero-order valence-corrected chi connectivity index (χ0v) is 14.9. The number of nitrogens with zero attached hydrogens (tertiary/aromatic N) is 3. The van der Waals surface area contributed by atoms with Crippen LogP contribution in [-0.4, -0.2) is 40.0 Å². The van der Waals surface area contributed by atoms with Crippen molar-refractivity contribution in [3.05, 3.63) is 54.0 Å². The highest BCUT2D eigenvalue weighted by Crippen LogP contribution is 2.22. The van der Waals surface area contributed by atoms with Crippen LogP contribution in [0, 0.1) is 6.92 Å². The number of rotatable bonds is 4. The average Bonchev–Trinajstić information content (AvgIpc) is 2.98. The number of para-hydroxylation sites is 1. The Morgan fingerprint density at radius 1 is 1.27 bits per heavy atom. The maximum Gasteiger partial charge on any atom is 0.225 e. The van der Waals surface area contributed by atoms with Crippen molar-refractivity contribution in [2.75, 3.05) is 18.0 Å². The number of anilines is 1. The first kappa shape index (κ1) is 16.6. The lowest BCUT2D eigenvalue weighted by Gasteiger charge is -2.33. The summed E-state index contributed by atoms with van der Waals surface area (Å²) >= 11 is 0. The number of benzene rings is 1. The molecule has 4 rings (SSSR count). The zero-order valence-electron chi connectivity index (χ0n) is 14.9. The van der Waals surface area contributed by atoms with E-state index in [1.54, 1.807) is 12.4 Å². The molecule has 0 radical (unpaired) electrons. The smallest absolute Gasteiger partial charge is 0.225 e. The molecule has 1 fully saturated rings. The van der Waals surface area contributed by atoms with Gasteiger partial charge in [-0.1, -0.05) is 18.2 Å². The summed E-state index contributed by atoms with van der Waals surface area (Å²) in [6.07, 6.45) is 5.92. The molecule has 2 aromatic heterocycles. The van der Waals surface area contributed by atoms with Crippen molar-refractivity contribution in [2.45, 2.75) is 32.2 Å². The topological polar surface area (TPSA) is 73.9 Å². The molecule has 2 N–H and O–H groups in total. The SMILES string of the molecule is Cc1[nH]c2ccccc2c1CC(=O)N[C@H]1CCCN(c2ncccn2)C1. The Morgan fingerprint density at radius 3 is 2.92 bits per heavy atom. The minimum atomic E-state index is 0.0682. The van der Waals surface area contributed by atoms with Gasteiger partial charge in [0.25, 0.3) is 0 Å². The number of fused-ring (bicyclic) bond motifs is 1. The number of aryl methyl sites for hydroxylation is 1. The fraction of sp³-hybridized carbons (Fsp3) is 0.350. The van der Waals surface area contributed by atoms with E-state index >= 15 is 0 Å². The fourth-order valence-electron chi connectivity index (χ4n) is 3.73. The number of aromatic nitrogens is 3. The molecular formula is C20H23N5O. The summed E-state index contributed by atoms with van der Waals surface area (Å²) in [4.78, 5) is 26.8. The van der Waals surface area contributed by atoms with Crippen LogP contribution in [0.5, 0.6) is 0 Å². The molecule has 1 aromatic carbocycles. The Bertz CT molecular complexity index is 905. The van der Waals surface area contributed by atoms with Gasteiger partial charge in [-0.05, 0) is 37.5 Å². The van der Waals surface area contributed by atoms with Gasteiger partial charge in [0.2, 0.25) is 11.9 Å². The first-order chi connectivity index (χ1) is 12.7. The molecule has 6 heteroatoms. The number of carbonyl (C=O) groups is 1. The van der Waals surface area contributed by atoms with Gasteiger partial charge in [-0.25, -0.2) is 9.97 Å². The average molecular weight is 349 g/mol. The van der Waals surface area contributed by atoms with Crippen molar-refractivity contribution in [1.82, 2.24) is 20.3 Å². The quantitative estimate of drug-likeness (QED) is 0.759. The third-order valence-corrected chi connectivity index (χ3v) is 4.99. The minimum absolute atomic E-state index is 0.0682. The predicted octanol–water partition coefficient (Wildman–Crippen LogP) is 2.59. The van der Waals surface area contributed by atoms with E-state index < -0.39 is 0 Å². The number of amides is 1. The summed E-state index contributed by atoms with van der Waals surface area (Å²) < 4.78 is 0. The lowest BCUT2D eigenvalue weighted by Crippen LogP contribution is -2.48. The Morgan fingerprint density at radius 2 is 2.08 bits per heavy atom. The normalized spacial score (nSPS) is 17.4. The molecule has 0 bridgehead atoms. The van der Waals surface area contributed by atoms with E-state index in [2.05, 4.69) is 31.2 Å². The molecule has 134 valence electrons. The van der Waals surface area contributed by atoms with Crippen molar-refractivity contribution in [3.63, 3.8) is 0 Å². The first-order valence-electron chi connectivity index (χ1n) is 9.08. The number of piperidine rings is 1. The van der Waals surface area contributed by atoms with Gasteiger partial charge in [-0.3, -0.25) is 4.79 Å². The predicted molar refractivity (Wildman–Crippen MR) is 102 cm³/mol. The molecule has 1 saturated heterocycles. The van der Waals surface area contributed by atoms with Crippen LogP contribution in [0.25, 0.3) is 10.9 Å². The molecule has 1 atom stereocenters. The molecule has 0 saturated carbocycles. The van der Waals surface area contributed by atoms with Crippen LogP contribution in [0.3, 0.4) is 0 Å². The first-order valence-corrected chi connectivity index (χ1v) is 9.08. The van der Waals surface area contributed by atoms with Crippen molar-refractivity contribution in [1.29, 1.82) is 0 Å². The molecule has 1 aliphatic heterocycles. The Hall–Kier alpha value is -2.89. The maximum absolute atomic E-state index is 12.6.